The average molecular weight is 323 g/mol. The molecule has 0 atom stereocenters. The molecule has 0 N–H and O–H groups in total. The van der Waals surface area contributed by atoms with Crippen molar-refractivity contribution in [2.75, 3.05) is 26.3 Å². The molecule has 1 aliphatic heterocycles. The van der Waals surface area contributed by atoms with E-state index in [2.05, 4.69) is 15.0 Å². The molecule has 122 valence electrons. The highest BCUT2D eigenvalue weighted by Gasteiger charge is 2.19. The highest BCUT2D eigenvalue weighted by atomic mass is 16.5. The van der Waals surface area contributed by atoms with Gasteiger partial charge in [-0.25, -0.2) is 9.97 Å². The van der Waals surface area contributed by atoms with E-state index in [9.17, 15) is 4.79 Å². The molecule has 4 rings (SSSR count). The van der Waals surface area contributed by atoms with Crippen LogP contribution >= 0.6 is 0 Å². The maximum absolute atomic E-state index is 12.5. The molecule has 7 heteroatoms. The van der Waals surface area contributed by atoms with Crippen LogP contribution in [0.3, 0.4) is 0 Å². The lowest BCUT2D eigenvalue weighted by Crippen LogP contribution is -2.40. The van der Waals surface area contributed by atoms with Crippen LogP contribution in [0.1, 0.15) is 15.9 Å². The van der Waals surface area contributed by atoms with Crippen molar-refractivity contribution in [3.8, 4) is 0 Å². The van der Waals surface area contributed by atoms with Gasteiger partial charge in [-0.3, -0.25) is 9.78 Å². The molecule has 0 spiro atoms. The third kappa shape index (κ3) is 2.85. The van der Waals surface area contributed by atoms with E-state index in [1.165, 1.54) is 0 Å². The molecule has 0 aromatic carbocycles. The smallest absolute Gasteiger partial charge is 0.255 e. The van der Waals surface area contributed by atoms with Gasteiger partial charge >= 0.3 is 0 Å². The van der Waals surface area contributed by atoms with E-state index in [0.717, 1.165) is 16.7 Å². The van der Waals surface area contributed by atoms with Gasteiger partial charge in [-0.15, -0.1) is 0 Å². The molecule has 0 bridgehead atoms. The van der Waals surface area contributed by atoms with Crippen molar-refractivity contribution in [1.82, 2.24) is 24.4 Å². The highest BCUT2D eigenvalue weighted by molar-refractivity contribution is 5.96. The van der Waals surface area contributed by atoms with Crippen LogP contribution in [-0.2, 0) is 11.3 Å². The molecule has 0 saturated carbocycles. The molecule has 1 fully saturated rings. The first-order chi connectivity index (χ1) is 11.8. The van der Waals surface area contributed by atoms with Crippen molar-refractivity contribution in [3.05, 3.63) is 54.2 Å². The molecule has 1 aliphatic rings. The number of pyridine rings is 2. The Balaban J connectivity index is 1.59. The maximum Gasteiger partial charge on any atom is 0.255 e. The number of carbonyl (C=O) groups excluding carboxylic acids is 1. The van der Waals surface area contributed by atoms with Gasteiger partial charge in [0.05, 0.1) is 31.6 Å². The van der Waals surface area contributed by atoms with Crippen LogP contribution in [0.15, 0.2) is 43.1 Å². The van der Waals surface area contributed by atoms with Gasteiger partial charge in [0.1, 0.15) is 5.52 Å². The number of morpholine rings is 1. The van der Waals surface area contributed by atoms with Gasteiger partial charge in [-0.2, -0.15) is 0 Å². The first-order valence-corrected chi connectivity index (χ1v) is 7.88. The van der Waals surface area contributed by atoms with E-state index in [1.807, 2.05) is 22.9 Å². The molecule has 24 heavy (non-hydrogen) atoms. The minimum Gasteiger partial charge on any atom is -0.378 e. The van der Waals surface area contributed by atoms with Crippen molar-refractivity contribution < 1.29 is 9.53 Å². The van der Waals surface area contributed by atoms with Crippen LogP contribution in [0.5, 0.6) is 0 Å². The van der Waals surface area contributed by atoms with Crippen LogP contribution in [0.25, 0.3) is 11.2 Å². The van der Waals surface area contributed by atoms with Gasteiger partial charge in [0.2, 0.25) is 0 Å². The highest BCUT2D eigenvalue weighted by Crippen LogP contribution is 2.15. The second-order valence-electron chi connectivity index (χ2n) is 5.71. The van der Waals surface area contributed by atoms with Gasteiger partial charge in [-0.05, 0) is 17.7 Å². The average Bonchev–Trinajstić information content (AvgIpc) is 3.05. The quantitative estimate of drug-likeness (QED) is 0.727. The number of carbonyl (C=O) groups is 1. The molecular weight excluding hydrogens is 306 g/mol. The molecular formula is C17H17N5O2. The van der Waals surface area contributed by atoms with Crippen molar-refractivity contribution in [3.63, 3.8) is 0 Å². The number of rotatable bonds is 3. The summed E-state index contributed by atoms with van der Waals surface area (Å²) in [4.78, 5) is 27.3. The zero-order chi connectivity index (χ0) is 16.4. The Hall–Kier alpha value is -2.80. The molecule has 4 heterocycles. The summed E-state index contributed by atoms with van der Waals surface area (Å²) in [6.07, 6.45) is 6.94. The topological polar surface area (TPSA) is 73.1 Å². The lowest BCUT2D eigenvalue weighted by molar-refractivity contribution is 0.0302. The first-order valence-electron chi connectivity index (χ1n) is 7.88. The summed E-state index contributed by atoms with van der Waals surface area (Å²) in [6.45, 7) is 3.05. The molecule has 1 amide bonds. The van der Waals surface area contributed by atoms with Gasteiger partial charge in [0, 0.05) is 31.7 Å². The van der Waals surface area contributed by atoms with E-state index in [4.69, 9.17) is 4.74 Å². The number of aromatic nitrogens is 4. The number of hydrogen-bond acceptors (Lipinski definition) is 5. The molecule has 0 unspecified atom stereocenters. The number of imidazole rings is 1. The Morgan fingerprint density at radius 1 is 1.21 bits per heavy atom. The fourth-order valence-electron chi connectivity index (χ4n) is 2.82. The minimum atomic E-state index is -0.0190. The van der Waals surface area contributed by atoms with Gasteiger partial charge in [0.15, 0.2) is 5.65 Å². The van der Waals surface area contributed by atoms with E-state index < -0.39 is 0 Å². The van der Waals surface area contributed by atoms with Crippen molar-refractivity contribution >= 4 is 17.1 Å². The summed E-state index contributed by atoms with van der Waals surface area (Å²) in [5.41, 5.74) is 3.12. The predicted octanol–water partition coefficient (Wildman–Crippen LogP) is 1.35. The first kappa shape index (κ1) is 14.8. The van der Waals surface area contributed by atoms with Crippen molar-refractivity contribution in [2.24, 2.45) is 0 Å². The van der Waals surface area contributed by atoms with Crippen LogP contribution in [0.4, 0.5) is 0 Å². The van der Waals surface area contributed by atoms with E-state index in [0.29, 0.717) is 38.4 Å². The zero-order valence-corrected chi connectivity index (χ0v) is 13.1. The number of fused-ring (bicyclic) bond motifs is 1. The number of nitrogens with zero attached hydrogens (tertiary/aromatic N) is 5. The lowest BCUT2D eigenvalue weighted by atomic mass is 10.2. The monoisotopic (exact) mass is 323 g/mol. The molecule has 7 nitrogen and oxygen atoms in total. The van der Waals surface area contributed by atoms with Crippen LogP contribution in [-0.4, -0.2) is 56.6 Å². The van der Waals surface area contributed by atoms with E-state index in [1.54, 1.807) is 29.7 Å². The lowest BCUT2D eigenvalue weighted by Gasteiger charge is -2.26. The second-order valence-corrected chi connectivity index (χ2v) is 5.71. The SMILES string of the molecule is O=C(c1cnc2c(c1)ncn2Cc1cccnc1)N1CCOCC1. The number of amides is 1. The summed E-state index contributed by atoms with van der Waals surface area (Å²) < 4.78 is 7.24. The summed E-state index contributed by atoms with van der Waals surface area (Å²) in [7, 11) is 0. The Morgan fingerprint density at radius 2 is 2.08 bits per heavy atom. The minimum absolute atomic E-state index is 0.0190. The largest absolute Gasteiger partial charge is 0.378 e. The molecule has 0 radical (unpaired) electrons. The third-order valence-corrected chi connectivity index (χ3v) is 4.08. The van der Waals surface area contributed by atoms with Crippen LogP contribution < -0.4 is 0 Å². The fraction of sp³-hybridized carbons (Fsp3) is 0.294. The fourth-order valence-corrected chi connectivity index (χ4v) is 2.82. The Morgan fingerprint density at radius 3 is 2.88 bits per heavy atom. The van der Waals surface area contributed by atoms with Gasteiger partial charge < -0.3 is 14.2 Å². The molecule has 3 aromatic heterocycles. The predicted molar refractivity (Wildman–Crippen MR) is 87.6 cm³/mol. The van der Waals surface area contributed by atoms with Crippen molar-refractivity contribution in [2.45, 2.75) is 6.54 Å². The van der Waals surface area contributed by atoms with Crippen LogP contribution in [0.2, 0.25) is 0 Å². The normalized spacial score (nSPS) is 14.9. The Bertz CT molecular complexity index is 856. The van der Waals surface area contributed by atoms with Crippen molar-refractivity contribution in [1.29, 1.82) is 0 Å². The summed E-state index contributed by atoms with van der Waals surface area (Å²) in [5, 5.41) is 0. The number of ether oxygens (including phenoxy) is 1. The standard InChI is InChI=1S/C17H17N5O2/c23-17(21-4-6-24-7-5-21)14-8-15-16(19-10-14)22(12-20-15)11-13-2-1-3-18-9-13/h1-3,8-10,12H,4-7,11H2. The summed E-state index contributed by atoms with van der Waals surface area (Å²) >= 11 is 0. The second kappa shape index (κ2) is 6.37. The zero-order valence-electron chi connectivity index (χ0n) is 13.1. The molecule has 0 aliphatic carbocycles. The van der Waals surface area contributed by atoms with E-state index >= 15 is 0 Å². The van der Waals surface area contributed by atoms with E-state index in [-0.39, 0.29) is 5.91 Å². The van der Waals surface area contributed by atoms with Gasteiger partial charge in [0.25, 0.3) is 5.91 Å². The molecule has 3 aromatic rings. The Labute approximate surface area is 138 Å². The Kier molecular flexibility index (Phi) is 3.92. The van der Waals surface area contributed by atoms with Crippen LogP contribution in [0, 0.1) is 0 Å². The molecule has 1 saturated heterocycles. The summed E-state index contributed by atoms with van der Waals surface area (Å²) in [5.74, 6) is -0.0190. The summed E-state index contributed by atoms with van der Waals surface area (Å²) in [6, 6.07) is 5.72. The number of hydrogen-bond donors (Lipinski definition) is 0. The van der Waals surface area contributed by atoms with Gasteiger partial charge in [-0.1, -0.05) is 6.07 Å². The maximum atomic E-state index is 12.5. The third-order valence-electron chi connectivity index (χ3n) is 4.08.